The van der Waals surface area contributed by atoms with Crippen molar-refractivity contribution in [2.75, 3.05) is 5.32 Å². The van der Waals surface area contributed by atoms with Crippen molar-refractivity contribution in [1.82, 2.24) is 0 Å². The Kier molecular flexibility index (Phi) is 4.54. The number of carbonyl (C=O) groups excluding carboxylic acids is 1. The molecule has 1 aromatic rings. The lowest BCUT2D eigenvalue weighted by Gasteiger charge is -2.14. The predicted molar refractivity (Wildman–Crippen MR) is 82.2 cm³/mol. The van der Waals surface area contributed by atoms with Crippen LogP contribution in [-0.2, 0) is 9.53 Å². The minimum Gasteiger partial charge on any atom is -0.389 e. The minimum absolute atomic E-state index is 0.135. The van der Waals surface area contributed by atoms with Crippen molar-refractivity contribution in [3.63, 3.8) is 0 Å². The van der Waals surface area contributed by atoms with Crippen LogP contribution in [-0.4, -0.2) is 23.1 Å². The van der Waals surface area contributed by atoms with E-state index in [9.17, 15) is 4.79 Å². The monoisotopic (exact) mass is 342 g/mol. The maximum Gasteiger partial charge on any atom is 0.253 e. The van der Waals surface area contributed by atoms with Gasteiger partial charge in [-0.3, -0.25) is 4.79 Å². The first-order chi connectivity index (χ1) is 8.97. The first-order valence-corrected chi connectivity index (χ1v) is 7.23. The number of ether oxygens (including phenoxy) is 1. The molecule has 0 aromatic heterocycles. The van der Waals surface area contributed by atoms with Gasteiger partial charge in [-0.2, -0.15) is 0 Å². The molecular weight excluding hydrogens is 328 g/mol. The quantitative estimate of drug-likeness (QED) is 0.828. The first kappa shape index (κ1) is 14.4. The van der Waals surface area contributed by atoms with Crippen LogP contribution >= 0.6 is 28.1 Å². The van der Waals surface area contributed by atoms with Gasteiger partial charge >= 0.3 is 0 Å². The highest BCUT2D eigenvalue weighted by molar-refractivity contribution is 9.10. The van der Waals surface area contributed by atoms with Crippen molar-refractivity contribution in [3.05, 3.63) is 28.2 Å². The number of rotatable bonds is 3. The van der Waals surface area contributed by atoms with Gasteiger partial charge in [0.25, 0.3) is 5.91 Å². The normalized spacial score (nSPS) is 22.2. The molecule has 2 rings (SSSR count). The molecule has 1 fully saturated rings. The lowest BCUT2D eigenvalue weighted by molar-refractivity contribution is -0.126. The molecule has 1 heterocycles. The number of amides is 1. The van der Waals surface area contributed by atoms with Gasteiger partial charge in [-0.1, -0.05) is 28.1 Å². The predicted octanol–water partition coefficient (Wildman–Crippen LogP) is 2.59. The van der Waals surface area contributed by atoms with Crippen LogP contribution in [0.1, 0.15) is 25.3 Å². The molecule has 0 radical (unpaired) electrons. The molecule has 4 nitrogen and oxygen atoms in total. The molecule has 2 unspecified atom stereocenters. The van der Waals surface area contributed by atoms with Gasteiger partial charge in [0, 0.05) is 10.0 Å². The van der Waals surface area contributed by atoms with Crippen molar-refractivity contribution >= 4 is 44.7 Å². The van der Waals surface area contributed by atoms with Crippen LogP contribution in [0.15, 0.2) is 22.7 Å². The van der Waals surface area contributed by atoms with Crippen LogP contribution in [0, 0.1) is 0 Å². The standard InChI is InChI=1S/C13H15BrN2O2S/c1-7-2-5-11(18-7)13(17)16-10-4-3-8(14)6-9(10)12(15)19/h3-4,6-7,11H,2,5H2,1H3,(H2,15,19)(H,16,17). The van der Waals surface area contributed by atoms with Gasteiger partial charge in [0.2, 0.25) is 0 Å². The van der Waals surface area contributed by atoms with Gasteiger partial charge < -0.3 is 15.8 Å². The van der Waals surface area contributed by atoms with E-state index in [1.807, 2.05) is 13.0 Å². The second-order valence-corrected chi connectivity index (χ2v) is 5.91. The van der Waals surface area contributed by atoms with Crippen LogP contribution in [0.2, 0.25) is 0 Å². The molecule has 6 heteroatoms. The van der Waals surface area contributed by atoms with Gasteiger partial charge in [0.15, 0.2) is 0 Å². The summed E-state index contributed by atoms with van der Waals surface area (Å²) in [5.74, 6) is -0.149. The summed E-state index contributed by atoms with van der Waals surface area (Å²) in [6, 6.07) is 5.39. The van der Waals surface area contributed by atoms with Gasteiger partial charge in [-0.15, -0.1) is 0 Å². The van der Waals surface area contributed by atoms with E-state index in [0.29, 0.717) is 11.3 Å². The van der Waals surface area contributed by atoms with E-state index in [-0.39, 0.29) is 17.0 Å². The number of carbonyl (C=O) groups is 1. The Morgan fingerprint density at radius 3 is 2.84 bits per heavy atom. The maximum atomic E-state index is 12.1. The maximum absolute atomic E-state index is 12.1. The first-order valence-electron chi connectivity index (χ1n) is 6.03. The number of hydrogen-bond acceptors (Lipinski definition) is 3. The summed E-state index contributed by atoms with van der Waals surface area (Å²) in [4.78, 5) is 12.3. The van der Waals surface area contributed by atoms with Crippen molar-refractivity contribution < 1.29 is 9.53 Å². The van der Waals surface area contributed by atoms with E-state index in [1.165, 1.54) is 0 Å². The summed E-state index contributed by atoms with van der Waals surface area (Å²) >= 11 is 8.34. The molecule has 1 aromatic carbocycles. The zero-order chi connectivity index (χ0) is 14.0. The highest BCUT2D eigenvalue weighted by Gasteiger charge is 2.28. The summed E-state index contributed by atoms with van der Waals surface area (Å²) in [6.45, 7) is 1.97. The lowest BCUT2D eigenvalue weighted by atomic mass is 10.1. The topological polar surface area (TPSA) is 64.4 Å². The summed E-state index contributed by atoms with van der Waals surface area (Å²) < 4.78 is 6.39. The van der Waals surface area contributed by atoms with Gasteiger partial charge in [-0.05, 0) is 38.0 Å². The number of hydrogen-bond donors (Lipinski definition) is 2. The Morgan fingerprint density at radius 2 is 2.26 bits per heavy atom. The summed E-state index contributed by atoms with van der Waals surface area (Å²) in [6.07, 6.45) is 1.39. The molecule has 1 aliphatic rings. The van der Waals surface area contributed by atoms with E-state index in [0.717, 1.165) is 17.3 Å². The third kappa shape index (κ3) is 3.52. The molecule has 1 saturated heterocycles. The van der Waals surface area contributed by atoms with E-state index >= 15 is 0 Å². The van der Waals surface area contributed by atoms with Crippen LogP contribution in [0.25, 0.3) is 0 Å². The fourth-order valence-electron chi connectivity index (χ4n) is 2.04. The van der Waals surface area contributed by atoms with E-state index in [4.69, 9.17) is 22.7 Å². The van der Waals surface area contributed by atoms with Gasteiger partial charge in [-0.25, -0.2) is 0 Å². The Bertz CT molecular complexity index is 521. The zero-order valence-electron chi connectivity index (χ0n) is 10.5. The number of nitrogens with two attached hydrogens (primary N) is 1. The van der Waals surface area contributed by atoms with Gasteiger partial charge in [0.1, 0.15) is 11.1 Å². The van der Waals surface area contributed by atoms with Crippen LogP contribution in [0.3, 0.4) is 0 Å². The Morgan fingerprint density at radius 1 is 1.53 bits per heavy atom. The molecule has 0 saturated carbocycles. The Hall–Kier alpha value is -0.980. The fraction of sp³-hybridized carbons (Fsp3) is 0.385. The second kappa shape index (κ2) is 5.98. The molecule has 2 atom stereocenters. The molecule has 0 aliphatic carbocycles. The van der Waals surface area contributed by atoms with Crippen molar-refractivity contribution in [2.24, 2.45) is 5.73 Å². The number of anilines is 1. The summed E-state index contributed by atoms with van der Waals surface area (Å²) in [5, 5.41) is 2.83. The third-order valence-corrected chi connectivity index (χ3v) is 3.74. The Balaban J connectivity index is 2.14. The number of halogens is 1. The minimum atomic E-state index is -0.391. The number of thiocarbonyl (C=S) groups is 1. The van der Waals surface area contributed by atoms with Crippen LogP contribution in [0.4, 0.5) is 5.69 Å². The lowest BCUT2D eigenvalue weighted by Crippen LogP contribution is -2.28. The zero-order valence-corrected chi connectivity index (χ0v) is 12.9. The largest absolute Gasteiger partial charge is 0.389 e. The molecule has 19 heavy (non-hydrogen) atoms. The van der Waals surface area contributed by atoms with Crippen molar-refractivity contribution in [1.29, 1.82) is 0 Å². The number of nitrogens with one attached hydrogen (secondary N) is 1. The molecule has 0 bridgehead atoms. The molecule has 1 aliphatic heterocycles. The fourth-order valence-corrected chi connectivity index (χ4v) is 2.57. The average molecular weight is 343 g/mol. The van der Waals surface area contributed by atoms with Crippen molar-refractivity contribution in [2.45, 2.75) is 32.0 Å². The highest BCUT2D eigenvalue weighted by atomic mass is 79.9. The Labute approximate surface area is 125 Å². The average Bonchev–Trinajstić information content (AvgIpc) is 2.78. The summed E-state index contributed by atoms with van der Waals surface area (Å²) in [5.41, 5.74) is 6.92. The molecule has 1 amide bonds. The SMILES string of the molecule is CC1CCC(C(=O)Nc2ccc(Br)cc2C(N)=S)O1. The highest BCUT2D eigenvalue weighted by Crippen LogP contribution is 2.24. The summed E-state index contributed by atoms with van der Waals surface area (Å²) in [7, 11) is 0. The smallest absolute Gasteiger partial charge is 0.253 e. The second-order valence-electron chi connectivity index (χ2n) is 4.56. The molecule has 102 valence electrons. The number of benzene rings is 1. The van der Waals surface area contributed by atoms with Crippen LogP contribution in [0.5, 0.6) is 0 Å². The van der Waals surface area contributed by atoms with E-state index in [2.05, 4.69) is 21.2 Å². The third-order valence-electron chi connectivity index (χ3n) is 3.03. The van der Waals surface area contributed by atoms with E-state index in [1.54, 1.807) is 12.1 Å². The van der Waals surface area contributed by atoms with Crippen LogP contribution < -0.4 is 11.1 Å². The van der Waals surface area contributed by atoms with Crippen molar-refractivity contribution in [3.8, 4) is 0 Å². The molecule has 3 N–H and O–H groups in total. The van der Waals surface area contributed by atoms with Gasteiger partial charge in [0.05, 0.1) is 11.8 Å². The van der Waals surface area contributed by atoms with E-state index < -0.39 is 6.10 Å². The molecule has 0 spiro atoms. The molecular formula is C13H15BrN2O2S.